The molecule has 1 rings (SSSR count). The van der Waals surface area contributed by atoms with Crippen molar-refractivity contribution in [2.75, 3.05) is 0 Å². The van der Waals surface area contributed by atoms with Gasteiger partial charge in [-0.2, -0.15) is 4.89 Å². The van der Waals surface area contributed by atoms with Crippen LogP contribution in [0.25, 0.3) is 0 Å². The molecule has 0 amide bonds. The molecule has 4 heteroatoms. The molecule has 106 valence electrons. The number of aryl methyl sites for hydroxylation is 1. The zero-order valence-corrected chi connectivity index (χ0v) is 14.6. The quantitative estimate of drug-likeness (QED) is 0.403. The molecule has 0 aliphatic heterocycles. The van der Waals surface area contributed by atoms with Gasteiger partial charge in [0.2, 0.25) is 5.30 Å². The number of hydrogen-bond acceptors (Lipinski definition) is 1. The molecule has 0 radical (unpaired) electrons. The minimum Gasteiger partial charge on any atom is -0.156 e. The first-order chi connectivity index (χ1) is 8.74. The predicted molar refractivity (Wildman–Crippen MR) is 77.6 cm³/mol. The zero-order valence-electron chi connectivity index (χ0n) is 11.7. The third-order valence-electron chi connectivity index (χ3n) is 3.23. The molecule has 0 aliphatic rings. The van der Waals surface area contributed by atoms with Crippen molar-refractivity contribution < 1.29 is 30.5 Å². The predicted octanol–water partition coefficient (Wildman–Crippen LogP) is 4.34. The van der Waals surface area contributed by atoms with Crippen molar-refractivity contribution in [2.24, 2.45) is 0 Å². The summed E-state index contributed by atoms with van der Waals surface area (Å²) in [4.78, 5) is 8.94. The number of benzene rings is 1. The second-order valence-electron chi connectivity index (χ2n) is 4.81. The van der Waals surface area contributed by atoms with E-state index in [0.717, 1.165) is 6.42 Å². The fourth-order valence-corrected chi connectivity index (χ4v) is 2.48. The summed E-state index contributed by atoms with van der Waals surface area (Å²) in [5.74, 6) is 0. The van der Waals surface area contributed by atoms with Gasteiger partial charge in [0.15, 0.2) is 0 Å². The molecule has 0 spiro atoms. The van der Waals surface area contributed by atoms with E-state index in [-0.39, 0.29) is 21.1 Å². The Bertz CT molecular complexity index is 352. The number of hydrogen-bond donors (Lipinski definition) is 1. The van der Waals surface area contributed by atoms with Crippen LogP contribution in [0.1, 0.15) is 57.4 Å². The summed E-state index contributed by atoms with van der Waals surface area (Å²) in [6, 6.07) is 7.45. The Hall–Kier alpha value is -0.0317. The fraction of sp³-hybridized carbons (Fsp3) is 0.600. The molecule has 1 aromatic rings. The summed E-state index contributed by atoms with van der Waals surface area (Å²) in [5.41, 5.74) is 1.27. The Balaban J connectivity index is 0.00000324. The maximum Gasteiger partial charge on any atom is 0.546 e. The number of unbranched alkanes of at least 4 members (excludes halogenated alkanes) is 6. The third-order valence-corrected chi connectivity index (χ3v) is 3.97. The first-order valence-corrected chi connectivity index (χ1v) is 8.20. The fourth-order valence-electron chi connectivity index (χ4n) is 2.08. The van der Waals surface area contributed by atoms with Crippen LogP contribution in [0.2, 0.25) is 0 Å². The van der Waals surface area contributed by atoms with Gasteiger partial charge in [-0.1, -0.05) is 57.6 Å². The zero-order chi connectivity index (χ0) is 13.2. The van der Waals surface area contributed by atoms with Crippen LogP contribution in [0.4, 0.5) is 0 Å². The van der Waals surface area contributed by atoms with Crippen molar-refractivity contribution in [2.45, 2.75) is 58.3 Å². The Labute approximate surface area is 132 Å². The Morgan fingerprint density at radius 3 is 2.00 bits per heavy atom. The average Bonchev–Trinajstić information content (AvgIpc) is 2.38. The number of rotatable bonds is 9. The molecule has 2 nitrogen and oxygen atoms in total. The van der Waals surface area contributed by atoms with Gasteiger partial charge in [-0.05, 0) is 35.1 Å². The smallest absolute Gasteiger partial charge is 0.156 e. The van der Waals surface area contributed by atoms with E-state index in [0.29, 0.717) is 5.30 Å². The molecule has 0 aliphatic carbocycles. The molecule has 0 heterocycles. The van der Waals surface area contributed by atoms with Crippen LogP contribution in [0.15, 0.2) is 24.3 Å². The maximum absolute atomic E-state index is 10.8. The molecule has 1 aromatic carbocycles. The van der Waals surface area contributed by atoms with Crippen molar-refractivity contribution in [3.8, 4) is 0 Å². The van der Waals surface area contributed by atoms with Crippen molar-refractivity contribution in [1.29, 1.82) is 0 Å². The molecule has 1 atom stereocenters. The van der Waals surface area contributed by atoms with Crippen LogP contribution in [-0.4, -0.2) is 4.89 Å². The van der Waals surface area contributed by atoms with E-state index in [1.807, 2.05) is 12.1 Å². The van der Waals surface area contributed by atoms with Crippen molar-refractivity contribution >= 4 is 13.3 Å². The topological polar surface area (TPSA) is 37.3 Å². The van der Waals surface area contributed by atoms with Crippen molar-refractivity contribution in [1.82, 2.24) is 0 Å². The monoisotopic (exact) mass is 365 g/mol. The second kappa shape index (κ2) is 11.8. The summed E-state index contributed by atoms with van der Waals surface area (Å²) in [7, 11) is -2.18. The Morgan fingerprint density at radius 1 is 0.947 bits per heavy atom. The second-order valence-corrected chi connectivity index (χ2v) is 5.87. The molecule has 0 saturated heterocycles. The normalized spacial score (nSPS) is 10.9. The van der Waals surface area contributed by atoms with Gasteiger partial charge in [0, 0.05) is 21.1 Å². The average molecular weight is 363 g/mol. The minimum atomic E-state index is -2.18. The van der Waals surface area contributed by atoms with Gasteiger partial charge in [0.1, 0.15) is 0 Å². The largest absolute Gasteiger partial charge is 0.546 e. The van der Waals surface area contributed by atoms with E-state index in [9.17, 15) is 4.57 Å². The van der Waals surface area contributed by atoms with Crippen LogP contribution < -0.4 is 5.30 Å². The molecule has 0 saturated carbocycles. The maximum atomic E-state index is 10.8. The van der Waals surface area contributed by atoms with E-state index >= 15 is 0 Å². The molecule has 19 heavy (non-hydrogen) atoms. The van der Waals surface area contributed by atoms with Gasteiger partial charge < -0.3 is 0 Å². The van der Waals surface area contributed by atoms with Gasteiger partial charge in [-0.25, -0.2) is 0 Å². The Morgan fingerprint density at radius 2 is 1.47 bits per heavy atom. The molecule has 1 N–H and O–H groups in total. The van der Waals surface area contributed by atoms with Gasteiger partial charge in [0.05, 0.1) is 0 Å². The first kappa shape index (κ1) is 19.0. The standard InChI is InChI=1S/C15H23O2P.Mo/c1-2-3-4-5-6-7-8-9-14-10-12-15(13-11-14)18(16)17;/h10-13H,2-9H2,1H3;/p+1. The summed E-state index contributed by atoms with van der Waals surface area (Å²) in [6.45, 7) is 2.24. The van der Waals surface area contributed by atoms with Crippen LogP contribution in [0.5, 0.6) is 0 Å². The summed E-state index contributed by atoms with van der Waals surface area (Å²) >= 11 is 0. The van der Waals surface area contributed by atoms with Gasteiger partial charge in [-0.3, -0.25) is 0 Å². The van der Waals surface area contributed by atoms with Crippen molar-refractivity contribution in [3.05, 3.63) is 29.8 Å². The first-order valence-electron chi connectivity index (χ1n) is 6.99. The van der Waals surface area contributed by atoms with E-state index in [1.54, 1.807) is 12.1 Å². The van der Waals surface area contributed by atoms with Crippen LogP contribution >= 0.6 is 8.03 Å². The minimum absolute atomic E-state index is 0. The SMILES string of the molecule is CCCCCCCCCc1ccc([P+](=O)O)cc1.[Mo]. The molecular formula is C15H24MoO2P+. The molecule has 0 fully saturated rings. The third kappa shape index (κ3) is 8.68. The molecule has 0 bridgehead atoms. The van der Waals surface area contributed by atoms with Crippen LogP contribution in [0, 0.1) is 0 Å². The summed E-state index contributed by atoms with van der Waals surface area (Å²) < 4.78 is 10.8. The van der Waals surface area contributed by atoms with Gasteiger partial charge >= 0.3 is 8.03 Å². The van der Waals surface area contributed by atoms with E-state index in [1.165, 1.54) is 50.5 Å². The summed E-state index contributed by atoms with van der Waals surface area (Å²) in [5, 5.41) is 0.522. The Kier molecular flexibility index (Phi) is 11.7. The van der Waals surface area contributed by atoms with E-state index in [4.69, 9.17) is 4.89 Å². The molecule has 1 unspecified atom stereocenters. The van der Waals surface area contributed by atoms with Gasteiger partial charge in [0.25, 0.3) is 0 Å². The molecular weight excluding hydrogens is 339 g/mol. The van der Waals surface area contributed by atoms with Crippen LogP contribution in [-0.2, 0) is 32.1 Å². The van der Waals surface area contributed by atoms with E-state index in [2.05, 4.69) is 6.92 Å². The molecule has 0 aromatic heterocycles. The van der Waals surface area contributed by atoms with E-state index < -0.39 is 8.03 Å². The van der Waals surface area contributed by atoms with Gasteiger partial charge in [-0.15, -0.1) is 0 Å². The van der Waals surface area contributed by atoms with Crippen molar-refractivity contribution in [3.63, 3.8) is 0 Å². The summed E-state index contributed by atoms with van der Waals surface area (Å²) in [6.07, 6.45) is 10.3. The van der Waals surface area contributed by atoms with Crippen LogP contribution in [0.3, 0.4) is 0 Å².